The van der Waals surface area contributed by atoms with Crippen molar-refractivity contribution in [3.8, 4) is 0 Å². The molecule has 0 saturated carbocycles. The minimum Gasteiger partial charge on any atom is -0.478 e. The summed E-state index contributed by atoms with van der Waals surface area (Å²) in [6.45, 7) is 0. The zero-order chi connectivity index (χ0) is 12.2. The molecule has 0 spiro atoms. The van der Waals surface area contributed by atoms with Gasteiger partial charge in [-0.25, -0.2) is 4.79 Å². The third-order valence-electron chi connectivity index (χ3n) is 1.83. The van der Waals surface area contributed by atoms with Gasteiger partial charge in [-0.2, -0.15) is 13.2 Å². The van der Waals surface area contributed by atoms with Crippen molar-refractivity contribution in [3.63, 3.8) is 0 Å². The lowest BCUT2D eigenvalue weighted by Gasteiger charge is -2.10. The van der Waals surface area contributed by atoms with Crippen LogP contribution >= 0.6 is 0 Å². The van der Waals surface area contributed by atoms with Crippen molar-refractivity contribution in [2.24, 2.45) is 0 Å². The summed E-state index contributed by atoms with van der Waals surface area (Å²) in [6, 6.07) is 7.65. The van der Waals surface area contributed by atoms with Gasteiger partial charge in [0.05, 0.1) is 6.42 Å². The molecule has 0 aliphatic rings. The average molecular weight is 230 g/mol. The van der Waals surface area contributed by atoms with Crippen LogP contribution < -0.4 is 0 Å². The van der Waals surface area contributed by atoms with Gasteiger partial charge in [-0.15, -0.1) is 0 Å². The number of halogens is 3. The third kappa shape index (κ3) is 4.16. The Morgan fingerprint density at radius 3 is 2.25 bits per heavy atom. The van der Waals surface area contributed by atoms with Gasteiger partial charge in [0, 0.05) is 6.08 Å². The molecule has 0 aliphatic carbocycles. The van der Waals surface area contributed by atoms with E-state index < -0.39 is 18.6 Å². The van der Waals surface area contributed by atoms with Crippen LogP contribution in [0.3, 0.4) is 0 Å². The summed E-state index contributed by atoms with van der Waals surface area (Å²) in [5.74, 6) is -1.39. The summed E-state index contributed by atoms with van der Waals surface area (Å²) < 4.78 is 36.6. The van der Waals surface area contributed by atoms with Crippen molar-refractivity contribution in [1.29, 1.82) is 0 Å². The second-order valence-electron chi connectivity index (χ2n) is 3.17. The topological polar surface area (TPSA) is 37.3 Å². The summed E-state index contributed by atoms with van der Waals surface area (Å²) in [6.07, 6.45) is -5.08. The minimum atomic E-state index is -4.42. The van der Waals surface area contributed by atoms with Crippen LogP contribution in [0.4, 0.5) is 13.2 Å². The van der Waals surface area contributed by atoms with Gasteiger partial charge >= 0.3 is 12.1 Å². The zero-order valence-electron chi connectivity index (χ0n) is 8.16. The second-order valence-corrected chi connectivity index (χ2v) is 3.17. The molecule has 16 heavy (non-hydrogen) atoms. The minimum absolute atomic E-state index is 0.249. The number of carboxylic acid groups (broad SMARTS) is 1. The van der Waals surface area contributed by atoms with Gasteiger partial charge in [0.1, 0.15) is 0 Å². The van der Waals surface area contributed by atoms with Crippen LogP contribution in [0.25, 0.3) is 5.57 Å². The van der Waals surface area contributed by atoms with E-state index in [0.717, 1.165) is 0 Å². The van der Waals surface area contributed by atoms with Crippen LogP contribution in [0.2, 0.25) is 0 Å². The first-order valence-electron chi connectivity index (χ1n) is 4.44. The van der Waals surface area contributed by atoms with Gasteiger partial charge in [0.2, 0.25) is 0 Å². The fourth-order valence-corrected chi connectivity index (χ4v) is 1.25. The van der Waals surface area contributed by atoms with Crippen molar-refractivity contribution >= 4 is 11.5 Å². The maximum Gasteiger partial charge on any atom is 0.393 e. The molecule has 0 radical (unpaired) electrons. The largest absolute Gasteiger partial charge is 0.478 e. The second kappa shape index (κ2) is 4.83. The Hall–Kier alpha value is -1.78. The number of aliphatic carboxylic acids is 1. The van der Waals surface area contributed by atoms with Crippen LogP contribution in [0.5, 0.6) is 0 Å². The Morgan fingerprint density at radius 2 is 1.81 bits per heavy atom. The highest BCUT2D eigenvalue weighted by Gasteiger charge is 2.29. The van der Waals surface area contributed by atoms with Crippen molar-refractivity contribution in [3.05, 3.63) is 42.0 Å². The van der Waals surface area contributed by atoms with Gasteiger partial charge < -0.3 is 5.11 Å². The maximum absolute atomic E-state index is 12.2. The standard InChI is InChI=1S/C11H9F3O2/c12-11(13,14)7-9(6-10(15)16)8-4-2-1-3-5-8/h1-6H,7H2,(H,15,16)/b9-6+. The summed E-state index contributed by atoms with van der Waals surface area (Å²) in [5, 5.41) is 8.50. The van der Waals surface area contributed by atoms with Crippen LogP contribution in [0.15, 0.2) is 36.4 Å². The van der Waals surface area contributed by atoms with Gasteiger partial charge in [-0.3, -0.25) is 0 Å². The zero-order valence-corrected chi connectivity index (χ0v) is 8.16. The first-order valence-corrected chi connectivity index (χ1v) is 4.44. The van der Waals surface area contributed by atoms with E-state index in [1.54, 1.807) is 18.2 Å². The summed E-state index contributed by atoms with van der Waals surface area (Å²) in [7, 11) is 0. The molecular weight excluding hydrogens is 221 g/mol. The molecule has 0 heterocycles. The molecule has 2 nitrogen and oxygen atoms in total. The van der Waals surface area contributed by atoms with E-state index in [1.165, 1.54) is 12.1 Å². The lowest BCUT2D eigenvalue weighted by atomic mass is 10.0. The predicted molar refractivity (Wildman–Crippen MR) is 52.7 cm³/mol. The molecule has 1 rings (SSSR count). The predicted octanol–water partition coefficient (Wildman–Crippen LogP) is 3.11. The maximum atomic E-state index is 12.2. The molecule has 86 valence electrons. The van der Waals surface area contributed by atoms with E-state index in [2.05, 4.69) is 0 Å². The molecule has 1 N–H and O–H groups in total. The fraction of sp³-hybridized carbons (Fsp3) is 0.182. The highest BCUT2D eigenvalue weighted by atomic mass is 19.4. The number of alkyl halides is 3. The Bertz CT molecular complexity index is 393. The number of hydrogen-bond acceptors (Lipinski definition) is 1. The summed E-state index contributed by atoms with van der Waals surface area (Å²) in [4.78, 5) is 10.4. The van der Waals surface area contributed by atoms with Gasteiger partial charge in [0.15, 0.2) is 0 Å². The normalized spacial score (nSPS) is 12.6. The van der Waals surface area contributed by atoms with Crippen molar-refractivity contribution in [1.82, 2.24) is 0 Å². The smallest absolute Gasteiger partial charge is 0.393 e. The van der Waals surface area contributed by atoms with E-state index in [-0.39, 0.29) is 11.1 Å². The highest BCUT2D eigenvalue weighted by Crippen LogP contribution is 2.30. The molecule has 0 unspecified atom stereocenters. The monoisotopic (exact) mass is 230 g/mol. The number of allylic oxidation sites excluding steroid dienone is 1. The molecule has 0 fully saturated rings. The van der Waals surface area contributed by atoms with Crippen molar-refractivity contribution in [2.75, 3.05) is 0 Å². The van der Waals surface area contributed by atoms with E-state index >= 15 is 0 Å². The number of hydrogen-bond donors (Lipinski definition) is 1. The summed E-state index contributed by atoms with van der Waals surface area (Å²) in [5.41, 5.74) is 0.0165. The van der Waals surface area contributed by atoms with Crippen LogP contribution in [-0.2, 0) is 4.79 Å². The average Bonchev–Trinajstić information content (AvgIpc) is 2.15. The Labute approximate surface area is 90.0 Å². The number of carbonyl (C=O) groups is 1. The molecule has 1 aromatic carbocycles. The number of rotatable bonds is 3. The molecular formula is C11H9F3O2. The number of benzene rings is 1. The highest BCUT2D eigenvalue weighted by molar-refractivity contribution is 5.90. The van der Waals surface area contributed by atoms with Crippen LogP contribution in [-0.4, -0.2) is 17.3 Å². The Kier molecular flexibility index (Phi) is 3.71. The molecule has 0 aromatic heterocycles. The quantitative estimate of drug-likeness (QED) is 0.810. The van der Waals surface area contributed by atoms with Gasteiger partial charge in [-0.05, 0) is 11.1 Å². The molecule has 0 amide bonds. The molecule has 5 heteroatoms. The lowest BCUT2D eigenvalue weighted by Crippen LogP contribution is -2.09. The molecule has 0 bridgehead atoms. The van der Waals surface area contributed by atoms with Gasteiger partial charge in [0.25, 0.3) is 0 Å². The van der Waals surface area contributed by atoms with E-state index in [4.69, 9.17) is 5.11 Å². The lowest BCUT2D eigenvalue weighted by molar-refractivity contribution is -0.131. The fourth-order valence-electron chi connectivity index (χ4n) is 1.25. The van der Waals surface area contributed by atoms with E-state index in [9.17, 15) is 18.0 Å². The third-order valence-corrected chi connectivity index (χ3v) is 1.83. The van der Waals surface area contributed by atoms with Gasteiger partial charge in [-0.1, -0.05) is 30.3 Å². The van der Waals surface area contributed by atoms with Crippen LogP contribution in [0, 0.1) is 0 Å². The first-order chi connectivity index (χ1) is 7.38. The molecule has 0 atom stereocenters. The molecule has 0 saturated heterocycles. The Morgan fingerprint density at radius 1 is 1.25 bits per heavy atom. The van der Waals surface area contributed by atoms with Crippen LogP contribution in [0.1, 0.15) is 12.0 Å². The van der Waals surface area contributed by atoms with Crippen molar-refractivity contribution in [2.45, 2.75) is 12.6 Å². The molecule has 1 aromatic rings. The van der Waals surface area contributed by atoms with E-state index in [1.807, 2.05) is 0 Å². The Balaban J connectivity index is 3.03. The SMILES string of the molecule is O=C(O)/C=C(\CC(F)(F)F)c1ccccc1. The summed E-state index contributed by atoms with van der Waals surface area (Å²) >= 11 is 0. The van der Waals surface area contributed by atoms with E-state index in [0.29, 0.717) is 6.08 Å². The van der Waals surface area contributed by atoms with Crippen molar-refractivity contribution < 1.29 is 23.1 Å². The molecule has 0 aliphatic heterocycles. The first kappa shape index (κ1) is 12.3. The number of carboxylic acids is 1.